The van der Waals surface area contributed by atoms with Crippen molar-refractivity contribution >= 4 is 5.91 Å². The van der Waals surface area contributed by atoms with Crippen molar-refractivity contribution < 1.29 is 14.6 Å². The Morgan fingerprint density at radius 3 is 2.83 bits per heavy atom. The topological polar surface area (TPSA) is 53.0 Å². The van der Waals surface area contributed by atoms with Crippen molar-refractivity contribution in [3.05, 3.63) is 0 Å². The van der Waals surface area contributed by atoms with Crippen molar-refractivity contribution in [3.8, 4) is 0 Å². The summed E-state index contributed by atoms with van der Waals surface area (Å²) >= 11 is 0. The van der Waals surface area contributed by atoms with Crippen LogP contribution in [-0.4, -0.2) is 73.4 Å². The number of hydrogen-bond acceptors (Lipinski definition) is 4. The lowest BCUT2D eigenvalue weighted by Gasteiger charge is -2.31. The second-order valence-electron chi connectivity index (χ2n) is 5.19. The van der Waals surface area contributed by atoms with Crippen molar-refractivity contribution in [2.24, 2.45) is 5.92 Å². The molecular formula is C13H26N2O3. The number of ether oxygens (including phenoxy) is 1. The molecule has 0 radical (unpaired) electrons. The quantitative estimate of drug-likeness (QED) is 0.738. The van der Waals surface area contributed by atoms with Crippen LogP contribution in [0.3, 0.4) is 0 Å². The summed E-state index contributed by atoms with van der Waals surface area (Å²) in [5.74, 6) is 0.0867. The number of likely N-dealkylation sites (tertiary alicyclic amines) is 1. The van der Waals surface area contributed by atoms with Gasteiger partial charge in [0.2, 0.25) is 5.91 Å². The van der Waals surface area contributed by atoms with E-state index in [0.717, 1.165) is 13.0 Å². The van der Waals surface area contributed by atoms with Gasteiger partial charge >= 0.3 is 0 Å². The number of carbonyl (C=O) groups is 1. The molecule has 0 aliphatic carbocycles. The maximum absolute atomic E-state index is 12.2. The first-order chi connectivity index (χ1) is 8.52. The fourth-order valence-corrected chi connectivity index (χ4v) is 2.75. The van der Waals surface area contributed by atoms with Gasteiger partial charge in [-0.05, 0) is 20.4 Å². The molecule has 1 fully saturated rings. The van der Waals surface area contributed by atoms with E-state index in [9.17, 15) is 4.79 Å². The molecule has 0 unspecified atom stereocenters. The Morgan fingerprint density at radius 2 is 2.28 bits per heavy atom. The van der Waals surface area contributed by atoms with Crippen molar-refractivity contribution in [2.45, 2.75) is 32.4 Å². The lowest BCUT2D eigenvalue weighted by atomic mass is 10.1. The second kappa shape index (κ2) is 7.07. The van der Waals surface area contributed by atoms with Crippen LogP contribution in [0.25, 0.3) is 0 Å². The molecule has 106 valence electrons. The third-order valence-corrected chi connectivity index (χ3v) is 3.85. The summed E-state index contributed by atoms with van der Waals surface area (Å²) in [5, 5.41) is 8.98. The number of methoxy groups -OCH3 is 1. The minimum Gasteiger partial charge on any atom is -0.395 e. The molecular weight excluding hydrogens is 232 g/mol. The summed E-state index contributed by atoms with van der Waals surface area (Å²) in [6.45, 7) is 6.08. The van der Waals surface area contributed by atoms with Gasteiger partial charge in [0.05, 0.1) is 19.1 Å². The van der Waals surface area contributed by atoms with Gasteiger partial charge in [0.15, 0.2) is 0 Å². The van der Waals surface area contributed by atoms with E-state index in [4.69, 9.17) is 9.84 Å². The van der Waals surface area contributed by atoms with Gasteiger partial charge in [-0.15, -0.1) is 0 Å². The largest absolute Gasteiger partial charge is 0.395 e. The molecule has 1 rings (SSSR count). The molecule has 0 saturated carbocycles. The van der Waals surface area contributed by atoms with Crippen LogP contribution in [0.2, 0.25) is 0 Å². The molecule has 1 heterocycles. The van der Waals surface area contributed by atoms with E-state index in [2.05, 4.69) is 11.8 Å². The molecule has 1 N–H and O–H groups in total. The minimum absolute atomic E-state index is 0.0839. The van der Waals surface area contributed by atoms with Crippen LogP contribution in [0.5, 0.6) is 0 Å². The molecule has 0 aromatic heterocycles. The van der Waals surface area contributed by atoms with Gasteiger partial charge in [-0.1, -0.05) is 6.92 Å². The maximum atomic E-state index is 12.2. The third-order valence-electron chi connectivity index (χ3n) is 3.85. The van der Waals surface area contributed by atoms with E-state index in [1.54, 1.807) is 7.11 Å². The molecule has 0 spiro atoms. The van der Waals surface area contributed by atoms with Gasteiger partial charge in [0.25, 0.3) is 0 Å². The Balaban J connectivity index is 2.58. The van der Waals surface area contributed by atoms with E-state index in [0.29, 0.717) is 19.2 Å². The predicted molar refractivity (Wildman–Crippen MR) is 70.3 cm³/mol. The average Bonchev–Trinajstić information content (AvgIpc) is 2.71. The highest BCUT2D eigenvalue weighted by atomic mass is 16.5. The van der Waals surface area contributed by atoms with E-state index < -0.39 is 0 Å². The lowest BCUT2D eigenvalue weighted by Crippen LogP contribution is -2.46. The Morgan fingerprint density at radius 1 is 1.61 bits per heavy atom. The monoisotopic (exact) mass is 258 g/mol. The zero-order valence-electron chi connectivity index (χ0n) is 11.9. The number of aliphatic hydroxyl groups excluding tert-OH is 1. The molecule has 0 aromatic rings. The van der Waals surface area contributed by atoms with Crippen LogP contribution in [0.1, 0.15) is 20.3 Å². The average molecular weight is 258 g/mol. The number of hydrogen-bond donors (Lipinski definition) is 1. The standard InChI is InChI=1S/C13H26N2O3/c1-10(9-18-4)13(17)15-6-5-12(11(15)2)14(3)7-8-16/h10-12,16H,5-9H2,1-4H3/t10-,11+,12+/m0/s1. The highest BCUT2D eigenvalue weighted by Crippen LogP contribution is 2.23. The predicted octanol–water partition coefficient (Wildman–Crippen LogP) is 0.182. The summed E-state index contributed by atoms with van der Waals surface area (Å²) < 4.78 is 5.04. The Kier molecular flexibility index (Phi) is 6.05. The van der Waals surface area contributed by atoms with Gasteiger partial charge in [-0.2, -0.15) is 0 Å². The molecule has 0 aromatic carbocycles. The first-order valence-corrected chi connectivity index (χ1v) is 6.63. The van der Waals surface area contributed by atoms with E-state index >= 15 is 0 Å². The summed E-state index contributed by atoms with van der Waals surface area (Å²) in [4.78, 5) is 16.3. The summed E-state index contributed by atoms with van der Waals surface area (Å²) in [5.41, 5.74) is 0. The van der Waals surface area contributed by atoms with Crippen LogP contribution in [0.4, 0.5) is 0 Å². The van der Waals surface area contributed by atoms with E-state index in [1.807, 2.05) is 18.9 Å². The molecule has 1 saturated heterocycles. The number of carbonyl (C=O) groups excluding carboxylic acids is 1. The fraction of sp³-hybridized carbons (Fsp3) is 0.923. The Labute approximate surface area is 110 Å². The highest BCUT2D eigenvalue weighted by Gasteiger charge is 2.37. The van der Waals surface area contributed by atoms with Crippen molar-refractivity contribution in [1.82, 2.24) is 9.80 Å². The van der Waals surface area contributed by atoms with E-state index in [1.165, 1.54) is 0 Å². The number of aliphatic hydroxyl groups is 1. The van der Waals surface area contributed by atoms with Gasteiger partial charge in [0, 0.05) is 32.3 Å². The summed E-state index contributed by atoms with van der Waals surface area (Å²) in [6.07, 6.45) is 0.975. The van der Waals surface area contributed by atoms with Crippen LogP contribution in [-0.2, 0) is 9.53 Å². The number of rotatable bonds is 6. The normalized spacial score (nSPS) is 25.8. The van der Waals surface area contributed by atoms with Gasteiger partial charge < -0.3 is 14.7 Å². The van der Waals surface area contributed by atoms with Crippen LogP contribution in [0.15, 0.2) is 0 Å². The van der Waals surface area contributed by atoms with Gasteiger partial charge in [0.1, 0.15) is 0 Å². The lowest BCUT2D eigenvalue weighted by molar-refractivity contribution is -0.137. The molecule has 18 heavy (non-hydrogen) atoms. The molecule has 1 amide bonds. The second-order valence-corrected chi connectivity index (χ2v) is 5.19. The SMILES string of the molecule is COC[C@H](C)C(=O)N1CC[C@@H](N(C)CCO)[C@H]1C. The van der Waals surface area contributed by atoms with Crippen LogP contribution < -0.4 is 0 Å². The molecule has 5 nitrogen and oxygen atoms in total. The van der Waals surface area contributed by atoms with Crippen LogP contribution >= 0.6 is 0 Å². The molecule has 5 heteroatoms. The van der Waals surface area contributed by atoms with Crippen molar-refractivity contribution in [3.63, 3.8) is 0 Å². The number of likely N-dealkylation sites (N-methyl/N-ethyl adjacent to an activating group) is 1. The minimum atomic E-state index is -0.0839. The first kappa shape index (κ1) is 15.4. The van der Waals surface area contributed by atoms with Crippen molar-refractivity contribution in [1.29, 1.82) is 0 Å². The number of amides is 1. The summed E-state index contributed by atoms with van der Waals surface area (Å²) in [6, 6.07) is 0.546. The molecule has 3 atom stereocenters. The first-order valence-electron chi connectivity index (χ1n) is 6.63. The maximum Gasteiger partial charge on any atom is 0.228 e. The Bertz CT molecular complexity index is 273. The van der Waals surface area contributed by atoms with Gasteiger partial charge in [-0.3, -0.25) is 9.69 Å². The summed E-state index contributed by atoms with van der Waals surface area (Å²) in [7, 11) is 3.62. The zero-order valence-corrected chi connectivity index (χ0v) is 11.9. The Hall–Kier alpha value is -0.650. The fourth-order valence-electron chi connectivity index (χ4n) is 2.75. The number of nitrogens with zero attached hydrogens (tertiary/aromatic N) is 2. The molecule has 0 bridgehead atoms. The molecule has 1 aliphatic heterocycles. The van der Waals surface area contributed by atoms with E-state index in [-0.39, 0.29) is 24.5 Å². The van der Waals surface area contributed by atoms with Crippen LogP contribution in [0, 0.1) is 5.92 Å². The smallest absolute Gasteiger partial charge is 0.228 e. The third kappa shape index (κ3) is 3.43. The van der Waals surface area contributed by atoms with Crippen molar-refractivity contribution in [2.75, 3.05) is 40.5 Å². The van der Waals surface area contributed by atoms with Gasteiger partial charge in [-0.25, -0.2) is 0 Å². The highest BCUT2D eigenvalue weighted by molar-refractivity contribution is 5.79. The molecule has 1 aliphatic rings. The zero-order chi connectivity index (χ0) is 13.7.